The molecule has 1 saturated heterocycles. The minimum Gasteiger partial charge on any atom is -0.454 e. The molecular formula is C17H16O2. The van der Waals surface area contributed by atoms with Gasteiger partial charge in [0, 0.05) is 19.3 Å². The number of hydrogen-bond acceptors (Lipinski definition) is 2. The molecule has 2 heteroatoms. The van der Waals surface area contributed by atoms with Crippen LogP contribution in [0.3, 0.4) is 0 Å². The maximum absolute atomic E-state index is 11.6. The number of benzene rings is 2. The van der Waals surface area contributed by atoms with E-state index in [0.29, 0.717) is 6.42 Å². The van der Waals surface area contributed by atoms with Crippen molar-refractivity contribution in [3.63, 3.8) is 0 Å². The van der Waals surface area contributed by atoms with Crippen molar-refractivity contribution in [1.82, 2.24) is 0 Å². The summed E-state index contributed by atoms with van der Waals surface area (Å²) in [5, 5.41) is 0. The highest BCUT2D eigenvalue weighted by atomic mass is 16.6. The molecule has 0 bridgehead atoms. The Kier molecular flexibility index (Phi) is 3.08. The Morgan fingerprint density at radius 1 is 0.947 bits per heavy atom. The fourth-order valence-corrected chi connectivity index (χ4v) is 2.72. The van der Waals surface area contributed by atoms with Gasteiger partial charge in [0.05, 0.1) is 0 Å². The number of cyclic esters (lactones) is 1. The molecule has 0 aromatic heterocycles. The van der Waals surface area contributed by atoms with Gasteiger partial charge in [0.2, 0.25) is 0 Å². The van der Waals surface area contributed by atoms with Gasteiger partial charge in [-0.25, -0.2) is 0 Å². The molecule has 0 spiro atoms. The molecule has 2 aromatic rings. The van der Waals surface area contributed by atoms with Crippen LogP contribution in [0.15, 0.2) is 60.7 Å². The second kappa shape index (κ2) is 4.88. The molecule has 2 nitrogen and oxygen atoms in total. The van der Waals surface area contributed by atoms with Gasteiger partial charge in [-0.2, -0.15) is 0 Å². The lowest BCUT2D eigenvalue weighted by molar-refractivity contribution is -0.149. The maximum atomic E-state index is 11.6. The number of carbonyl (C=O) groups is 1. The van der Waals surface area contributed by atoms with Crippen LogP contribution in [0.4, 0.5) is 0 Å². The number of esters is 1. The van der Waals surface area contributed by atoms with E-state index in [1.165, 1.54) is 5.56 Å². The molecule has 1 fully saturated rings. The first-order valence-electron chi connectivity index (χ1n) is 6.60. The highest BCUT2D eigenvalue weighted by Gasteiger charge is 2.41. The van der Waals surface area contributed by atoms with Crippen molar-refractivity contribution in [2.75, 3.05) is 0 Å². The van der Waals surface area contributed by atoms with Crippen LogP contribution in [0.1, 0.15) is 24.0 Å². The van der Waals surface area contributed by atoms with Gasteiger partial charge < -0.3 is 4.74 Å². The number of rotatable bonds is 3. The Morgan fingerprint density at radius 3 is 2.16 bits per heavy atom. The van der Waals surface area contributed by atoms with Crippen molar-refractivity contribution in [1.29, 1.82) is 0 Å². The van der Waals surface area contributed by atoms with Gasteiger partial charge in [-0.15, -0.1) is 0 Å². The Morgan fingerprint density at radius 2 is 1.58 bits per heavy atom. The first kappa shape index (κ1) is 12.0. The molecule has 1 unspecified atom stereocenters. The van der Waals surface area contributed by atoms with Crippen LogP contribution in [0.25, 0.3) is 0 Å². The summed E-state index contributed by atoms with van der Waals surface area (Å²) in [7, 11) is 0. The molecule has 0 radical (unpaired) electrons. The van der Waals surface area contributed by atoms with Gasteiger partial charge in [-0.05, 0) is 11.1 Å². The second-order valence-corrected chi connectivity index (χ2v) is 5.00. The average molecular weight is 252 g/mol. The fraction of sp³-hybridized carbons (Fsp3) is 0.235. The van der Waals surface area contributed by atoms with E-state index in [-0.39, 0.29) is 5.97 Å². The van der Waals surface area contributed by atoms with Gasteiger partial charge in [0.1, 0.15) is 5.60 Å². The van der Waals surface area contributed by atoms with Crippen molar-refractivity contribution in [2.24, 2.45) is 0 Å². The molecule has 96 valence electrons. The summed E-state index contributed by atoms with van der Waals surface area (Å²) in [5.74, 6) is -0.0974. The molecule has 1 aliphatic rings. The summed E-state index contributed by atoms with van der Waals surface area (Å²) in [6.07, 6.45) is 2.00. The van der Waals surface area contributed by atoms with Gasteiger partial charge in [0.25, 0.3) is 0 Å². The molecule has 0 aliphatic carbocycles. The predicted octanol–water partition coefficient (Wildman–Crippen LogP) is 3.46. The quantitative estimate of drug-likeness (QED) is 0.782. The van der Waals surface area contributed by atoms with E-state index in [4.69, 9.17) is 4.74 Å². The SMILES string of the molecule is O=C1CCC(Cc2ccccc2)(c2ccccc2)O1. The van der Waals surface area contributed by atoms with Crippen molar-refractivity contribution in [3.8, 4) is 0 Å². The average Bonchev–Trinajstić information content (AvgIpc) is 2.83. The summed E-state index contributed by atoms with van der Waals surface area (Å²) in [6.45, 7) is 0. The second-order valence-electron chi connectivity index (χ2n) is 5.00. The highest BCUT2D eigenvalue weighted by Crippen LogP contribution is 2.39. The standard InChI is InChI=1S/C17H16O2/c18-16-11-12-17(19-16,15-9-5-2-6-10-15)13-14-7-3-1-4-8-14/h1-10H,11-13H2. The van der Waals surface area contributed by atoms with Crippen molar-refractivity contribution in [2.45, 2.75) is 24.9 Å². The maximum Gasteiger partial charge on any atom is 0.306 e. The van der Waals surface area contributed by atoms with E-state index in [1.807, 2.05) is 48.5 Å². The van der Waals surface area contributed by atoms with Crippen LogP contribution in [-0.2, 0) is 21.6 Å². The Labute approximate surface area is 113 Å². The van der Waals surface area contributed by atoms with E-state index >= 15 is 0 Å². The lowest BCUT2D eigenvalue weighted by atomic mass is 9.85. The number of carbonyl (C=O) groups excluding carboxylic acids is 1. The third-order valence-electron chi connectivity index (χ3n) is 3.67. The van der Waals surface area contributed by atoms with Crippen LogP contribution in [0.2, 0.25) is 0 Å². The Bertz CT molecular complexity index is 562. The molecule has 0 amide bonds. The summed E-state index contributed by atoms with van der Waals surface area (Å²) in [6, 6.07) is 20.3. The summed E-state index contributed by atoms with van der Waals surface area (Å²) >= 11 is 0. The molecule has 0 N–H and O–H groups in total. The summed E-state index contributed by atoms with van der Waals surface area (Å²) in [5.41, 5.74) is 1.80. The van der Waals surface area contributed by atoms with Crippen molar-refractivity contribution in [3.05, 3.63) is 71.8 Å². The normalized spacial score (nSPS) is 22.2. The lowest BCUT2D eigenvalue weighted by Gasteiger charge is -2.28. The summed E-state index contributed by atoms with van der Waals surface area (Å²) in [4.78, 5) is 11.6. The largest absolute Gasteiger partial charge is 0.454 e. The molecule has 3 rings (SSSR count). The first-order chi connectivity index (χ1) is 9.28. The molecular weight excluding hydrogens is 236 g/mol. The van der Waals surface area contributed by atoms with Crippen LogP contribution in [-0.4, -0.2) is 5.97 Å². The van der Waals surface area contributed by atoms with E-state index < -0.39 is 5.60 Å². The van der Waals surface area contributed by atoms with Crippen molar-refractivity contribution < 1.29 is 9.53 Å². The van der Waals surface area contributed by atoms with Gasteiger partial charge in [0.15, 0.2) is 0 Å². The van der Waals surface area contributed by atoms with Gasteiger partial charge in [-0.1, -0.05) is 60.7 Å². The fourth-order valence-electron chi connectivity index (χ4n) is 2.72. The van der Waals surface area contributed by atoms with E-state index in [9.17, 15) is 4.79 Å². The Balaban J connectivity index is 1.96. The minimum absolute atomic E-state index is 0.0974. The zero-order valence-corrected chi connectivity index (χ0v) is 10.7. The third-order valence-corrected chi connectivity index (χ3v) is 3.67. The zero-order chi connectivity index (χ0) is 13.1. The van der Waals surface area contributed by atoms with Gasteiger partial charge >= 0.3 is 5.97 Å². The van der Waals surface area contributed by atoms with Crippen molar-refractivity contribution >= 4 is 5.97 Å². The molecule has 1 atom stereocenters. The van der Waals surface area contributed by atoms with E-state index in [1.54, 1.807) is 0 Å². The third kappa shape index (κ3) is 2.39. The smallest absolute Gasteiger partial charge is 0.306 e. The molecule has 19 heavy (non-hydrogen) atoms. The molecule has 2 aromatic carbocycles. The summed E-state index contributed by atoms with van der Waals surface area (Å²) < 4.78 is 5.70. The lowest BCUT2D eigenvalue weighted by Crippen LogP contribution is -2.28. The zero-order valence-electron chi connectivity index (χ0n) is 10.7. The molecule has 0 saturated carbocycles. The van der Waals surface area contributed by atoms with Crippen LogP contribution < -0.4 is 0 Å². The molecule has 1 heterocycles. The monoisotopic (exact) mass is 252 g/mol. The Hall–Kier alpha value is -2.09. The highest BCUT2D eigenvalue weighted by molar-refractivity contribution is 5.72. The van der Waals surface area contributed by atoms with E-state index in [2.05, 4.69) is 12.1 Å². The molecule has 1 aliphatic heterocycles. The number of hydrogen-bond donors (Lipinski definition) is 0. The van der Waals surface area contributed by atoms with Crippen LogP contribution in [0.5, 0.6) is 0 Å². The first-order valence-corrected chi connectivity index (χ1v) is 6.60. The number of ether oxygens (including phenoxy) is 1. The van der Waals surface area contributed by atoms with E-state index in [0.717, 1.165) is 18.4 Å². The predicted molar refractivity (Wildman–Crippen MR) is 73.6 cm³/mol. The van der Waals surface area contributed by atoms with Crippen LogP contribution >= 0.6 is 0 Å². The topological polar surface area (TPSA) is 26.3 Å². The van der Waals surface area contributed by atoms with Crippen LogP contribution in [0, 0.1) is 0 Å². The van der Waals surface area contributed by atoms with Gasteiger partial charge in [-0.3, -0.25) is 4.79 Å². The minimum atomic E-state index is -0.486.